The van der Waals surface area contributed by atoms with Crippen molar-refractivity contribution in [2.75, 3.05) is 31.2 Å². The van der Waals surface area contributed by atoms with E-state index < -0.39 is 39.8 Å². The molecule has 2 aromatic carbocycles. The average molecular weight is 679 g/mol. The minimum absolute atomic E-state index is 0.0882. The third-order valence-corrected chi connectivity index (χ3v) is 11.9. The van der Waals surface area contributed by atoms with Crippen LogP contribution in [0.15, 0.2) is 42.5 Å². The second kappa shape index (κ2) is 14.6. The number of halogens is 2. The monoisotopic (exact) mass is 678 g/mol. The van der Waals surface area contributed by atoms with Gasteiger partial charge in [0.2, 0.25) is 15.9 Å². The van der Waals surface area contributed by atoms with E-state index in [-0.39, 0.29) is 53.6 Å². The lowest BCUT2D eigenvalue weighted by atomic mass is 9.73. The number of benzene rings is 2. The number of anilines is 1. The number of hydrogen-bond acceptors (Lipinski definition) is 6. The van der Waals surface area contributed by atoms with E-state index in [1.165, 1.54) is 19.2 Å². The predicted molar refractivity (Wildman–Crippen MR) is 175 cm³/mol. The topological polar surface area (TPSA) is 128 Å². The van der Waals surface area contributed by atoms with Crippen molar-refractivity contribution in [1.29, 1.82) is 0 Å². The van der Waals surface area contributed by atoms with Crippen molar-refractivity contribution in [2.24, 2.45) is 5.92 Å². The number of amides is 2. The fourth-order valence-electron chi connectivity index (χ4n) is 7.54. The predicted octanol–water partition coefficient (Wildman–Crippen LogP) is 5.08. The van der Waals surface area contributed by atoms with Crippen molar-refractivity contribution in [3.63, 3.8) is 0 Å². The normalized spacial score (nSPS) is 28.8. The maximum absolute atomic E-state index is 15.4. The molecule has 3 aliphatic rings. The Labute approximate surface area is 275 Å². The van der Waals surface area contributed by atoms with Crippen LogP contribution in [0.1, 0.15) is 63.0 Å². The van der Waals surface area contributed by atoms with E-state index in [9.17, 15) is 23.1 Å². The van der Waals surface area contributed by atoms with Gasteiger partial charge in [0.1, 0.15) is 11.9 Å². The van der Waals surface area contributed by atoms with Gasteiger partial charge in [-0.15, -0.1) is 0 Å². The van der Waals surface area contributed by atoms with Crippen LogP contribution in [0.2, 0.25) is 5.02 Å². The van der Waals surface area contributed by atoms with Crippen LogP contribution in [-0.4, -0.2) is 91.0 Å². The molecule has 13 heteroatoms. The Balaban J connectivity index is 1.44. The van der Waals surface area contributed by atoms with Gasteiger partial charge in [-0.1, -0.05) is 29.8 Å². The molecule has 5 rings (SSSR count). The highest BCUT2D eigenvalue weighted by Gasteiger charge is 2.43. The lowest BCUT2D eigenvalue weighted by molar-refractivity contribution is -0.123. The van der Waals surface area contributed by atoms with Crippen molar-refractivity contribution in [3.05, 3.63) is 64.4 Å². The van der Waals surface area contributed by atoms with Crippen LogP contribution in [0.25, 0.3) is 0 Å². The van der Waals surface area contributed by atoms with Crippen molar-refractivity contribution in [1.82, 2.24) is 14.5 Å². The van der Waals surface area contributed by atoms with Crippen LogP contribution in [0.3, 0.4) is 0 Å². The number of nitrogens with one attached hydrogen (secondary N) is 2. The van der Waals surface area contributed by atoms with Gasteiger partial charge in [-0.25, -0.2) is 17.6 Å². The number of likely N-dealkylation sites (N-methyl/N-ethyl adjacent to an activating group) is 1. The smallest absolute Gasteiger partial charge is 0.407 e. The molecule has 0 saturated carbocycles. The summed E-state index contributed by atoms with van der Waals surface area (Å²) < 4.78 is 48.9. The van der Waals surface area contributed by atoms with E-state index in [1.54, 1.807) is 22.5 Å². The standard InChI is InChI=1S/C33H44ClFN4O6S/c1-20-16-23(17-21(2)45-20)30(22-9-11-24(34)12-10-22)31(38(3)33(41)42)32(40)37-29-8-4-7-28(35)27(29)14-13-26-18-36-25-6-5-15-46(43,44)39(26)19-25/h4,7-12,20-21,23,25-26,30-31,36H,5-6,13-19H2,1-3H3,(H,37,40)(H,41,42)/t20-,21+,23?,25-,26+,30+,31+/m1/s1. The van der Waals surface area contributed by atoms with Gasteiger partial charge < -0.3 is 20.5 Å². The number of sulfonamides is 1. The zero-order chi connectivity index (χ0) is 33.2. The summed E-state index contributed by atoms with van der Waals surface area (Å²) >= 11 is 6.20. The maximum atomic E-state index is 15.4. The first-order valence-corrected chi connectivity index (χ1v) is 18.0. The second-order valence-electron chi connectivity index (χ2n) is 13.0. The first-order chi connectivity index (χ1) is 21.8. The van der Waals surface area contributed by atoms with Crippen LogP contribution < -0.4 is 10.6 Å². The fourth-order valence-corrected chi connectivity index (χ4v) is 9.47. The minimum atomic E-state index is -3.42. The molecule has 0 aliphatic carbocycles. The third kappa shape index (κ3) is 7.84. The Morgan fingerprint density at radius 2 is 1.87 bits per heavy atom. The van der Waals surface area contributed by atoms with Crippen LogP contribution in [-0.2, 0) is 26.0 Å². The molecule has 2 aromatic rings. The Bertz CT molecular complexity index is 1500. The summed E-state index contributed by atoms with van der Waals surface area (Å²) in [4.78, 5) is 27.8. The Hall–Kier alpha value is -2.77. The first kappa shape index (κ1) is 34.6. The summed E-state index contributed by atoms with van der Waals surface area (Å²) in [6, 6.07) is 10.1. The highest BCUT2D eigenvalue weighted by Crippen LogP contribution is 2.41. The molecule has 0 radical (unpaired) electrons. The van der Waals surface area contributed by atoms with Gasteiger partial charge in [0.15, 0.2) is 0 Å². The molecule has 3 N–H and O–H groups in total. The molecule has 0 spiro atoms. The van der Waals surface area contributed by atoms with Crippen LogP contribution in [0.5, 0.6) is 0 Å². The summed E-state index contributed by atoms with van der Waals surface area (Å²) in [6.45, 7) is 4.80. The zero-order valence-electron chi connectivity index (χ0n) is 26.5. The Morgan fingerprint density at radius 1 is 1.17 bits per heavy atom. The number of rotatable bonds is 9. The minimum Gasteiger partial charge on any atom is -0.465 e. The molecular weight excluding hydrogens is 635 g/mol. The molecular formula is C33H44ClFN4O6S. The van der Waals surface area contributed by atoms with Crippen molar-refractivity contribution in [3.8, 4) is 0 Å². The molecule has 10 nitrogen and oxygen atoms in total. The molecule has 252 valence electrons. The molecule has 3 fully saturated rings. The molecule has 2 unspecified atom stereocenters. The highest BCUT2D eigenvalue weighted by molar-refractivity contribution is 7.89. The van der Waals surface area contributed by atoms with Crippen LogP contribution in [0, 0.1) is 11.7 Å². The van der Waals surface area contributed by atoms with E-state index in [0.717, 1.165) is 16.9 Å². The molecule has 2 amide bonds. The number of ether oxygens (including phenoxy) is 1. The first-order valence-electron chi connectivity index (χ1n) is 16.0. The highest BCUT2D eigenvalue weighted by atomic mass is 35.5. The molecule has 8 atom stereocenters. The van der Waals surface area contributed by atoms with Crippen molar-refractivity contribution >= 4 is 39.3 Å². The van der Waals surface area contributed by atoms with Gasteiger partial charge in [0.25, 0.3) is 0 Å². The molecule has 46 heavy (non-hydrogen) atoms. The summed E-state index contributed by atoms with van der Waals surface area (Å²) in [5, 5.41) is 17.0. The van der Waals surface area contributed by atoms with Crippen LogP contribution >= 0.6 is 11.6 Å². The van der Waals surface area contributed by atoms with E-state index in [1.807, 2.05) is 26.0 Å². The quantitative estimate of drug-likeness (QED) is 0.338. The maximum Gasteiger partial charge on any atom is 0.407 e. The van der Waals surface area contributed by atoms with Crippen molar-refractivity contribution < 1.29 is 32.2 Å². The summed E-state index contributed by atoms with van der Waals surface area (Å²) in [6.07, 6.45) is 1.72. The number of carbonyl (C=O) groups is 2. The Morgan fingerprint density at radius 3 is 2.54 bits per heavy atom. The van der Waals surface area contributed by atoms with Gasteiger partial charge in [0.05, 0.1) is 18.0 Å². The van der Waals surface area contributed by atoms with E-state index >= 15 is 4.39 Å². The van der Waals surface area contributed by atoms with Gasteiger partial charge in [-0.05, 0) is 88.1 Å². The van der Waals surface area contributed by atoms with Gasteiger partial charge >= 0.3 is 6.09 Å². The number of fused-ring (bicyclic) bond motifs is 2. The largest absolute Gasteiger partial charge is 0.465 e. The molecule has 2 bridgehead atoms. The molecule has 3 aliphatic heterocycles. The number of piperazine rings is 1. The number of nitrogens with zero attached hydrogens (tertiary/aromatic N) is 2. The van der Waals surface area contributed by atoms with Crippen molar-refractivity contribution in [2.45, 2.75) is 88.6 Å². The SMILES string of the molecule is C[C@@H]1CC([C@H](c2ccc(Cl)cc2)[C@@H](C(=O)Nc2cccc(F)c2CC[C@H]2CN[C@@H]3CCCS(=O)(=O)N2C3)N(C)C(=O)O)C[C@H](C)O1. The summed E-state index contributed by atoms with van der Waals surface area (Å²) in [5.74, 6) is -1.65. The molecule has 0 aromatic heterocycles. The second-order valence-corrected chi connectivity index (χ2v) is 15.5. The lowest BCUT2D eigenvalue weighted by Gasteiger charge is -2.42. The third-order valence-electron chi connectivity index (χ3n) is 9.69. The molecule has 3 heterocycles. The van der Waals surface area contributed by atoms with E-state index in [2.05, 4.69) is 10.6 Å². The molecule has 3 saturated heterocycles. The Kier molecular flexibility index (Phi) is 10.9. The summed E-state index contributed by atoms with van der Waals surface area (Å²) in [5.41, 5.74) is 1.25. The van der Waals surface area contributed by atoms with Gasteiger partial charge in [-0.3, -0.25) is 9.69 Å². The number of carboxylic acid groups (broad SMARTS) is 1. The van der Waals surface area contributed by atoms with Gasteiger partial charge in [0, 0.05) is 54.4 Å². The number of carbonyl (C=O) groups excluding carboxylic acids is 1. The van der Waals surface area contributed by atoms with E-state index in [4.69, 9.17) is 16.3 Å². The number of hydrogen-bond donors (Lipinski definition) is 3. The fraction of sp³-hybridized carbons (Fsp3) is 0.576. The zero-order valence-corrected chi connectivity index (χ0v) is 28.1. The van der Waals surface area contributed by atoms with Crippen LogP contribution in [0.4, 0.5) is 14.9 Å². The lowest BCUT2D eigenvalue weighted by Crippen LogP contribution is -2.57. The summed E-state index contributed by atoms with van der Waals surface area (Å²) in [7, 11) is -2.05. The van der Waals surface area contributed by atoms with Gasteiger partial charge in [-0.2, -0.15) is 4.31 Å². The van der Waals surface area contributed by atoms with E-state index in [0.29, 0.717) is 43.8 Å². The average Bonchev–Trinajstić information content (AvgIpc) is 3.11.